The van der Waals surface area contributed by atoms with Crippen LogP contribution in [0, 0.1) is 4.78 Å². The van der Waals surface area contributed by atoms with E-state index in [1.807, 2.05) is 0 Å². The smallest absolute Gasteiger partial charge is 0.246 e. The van der Waals surface area contributed by atoms with Crippen molar-refractivity contribution in [3.8, 4) is 0 Å². The summed E-state index contributed by atoms with van der Waals surface area (Å²) < 4.78 is 21.6. The molecule has 0 aliphatic carbocycles. The van der Waals surface area contributed by atoms with E-state index in [2.05, 4.69) is 10.0 Å². The van der Waals surface area contributed by atoms with Crippen molar-refractivity contribution in [1.29, 1.82) is 4.78 Å². The van der Waals surface area contributed by atoms with E-state index in [4.69, 9.17) is 16.4 Å². The van der Waals surface area contributed by atoms with E-state index in [0.29, 0.717) is 5.02 Å². The fraction of sp³-hybridized carbons (Fsp3) is 0.286. The Labute approximate surface area is 96.9 Å². The van der Waals surface area contributed by atoms with Gasteiger partial charge in [-0.25, -0.2) is 8.99 Å². The molecule has 0 saturated heterocycles. The van der Waals surface area contributed by atoms with Gasteiger partial charge in [-0.2, -0.15) is 0 Å². The molecule has 1 unspecified atom stereocenters. The third-order valence-corrected chi connectivity index (χ3v) is 4.68. The quantitative estimate of drug-likeness (QED) is 0.763. The van der Waals surface area contributed by atoms with E-state index in [0.717, 1.165) is 11.3 Å². The number of thiophene rings is 1. The van der Waals surface area contributed by atoms with Gasteiger partial charge < -0.3 is 5.32 Å². The fourth-order valence-corrected chi connectivity index (χ4v) is 3.31. The molecule has 0 aliphatic heterocycles. The first-order valence-corrected chi connectivity index (χ1v) is 6.75. The Kier molecular flexibility index (Phi) is 4.09. The maximum Gasteiger partial charge on any atom is 0.246 e. The minimum Gasteiger partial charge on any atom is -0.311 e. The number of halogens is 1. The fourth-order valence-electron chi connectivity index (χ4n) is 0.853. The van der Waals surface area contributed by atoms with Gasteiger partial charge in [0.25, 0.3) is 0 Å². The molecule has 1 heterocycles. The van der Waals surface area contributed by atoms with Crippen molar-refractivity contribution < 1.29 is 9.00 Å². The standard InChI is InChI=1S/C7H10ClN3O2S2/c1-10-3-6(12)11-15(9,13)7-2-5(8)4-14-7/h2,4,10H,3H2,1H3,(H2,9,11,12,13). The molecule has 0 bridgehead atoms. The van der Waals surface area contributed by atoms with Crippen molar-refractivity contribution in [2.24, 2.45) is 0 Å². The number of likely N-dealkylation sites (N-methyl/N-ethyl adjacent to an activating group) is 1. The van der Waals surface area contributed by atoms with Crippen molar-refractivity contribution in [3.05, 3.63) is 16.5 Å². The van der Waals surface area contributed by atoms with Gasteiger partial charge >= 0.3 is 0 Å². The molecule has 1 aromatic heterocycles. The van der Waals surface area contributed by atoms with Gasteiger partial charge in [0.1, 0.15) is 4.21 Å². The van der Waals surface area contributed by atoms with Crippen molar-refractivity contribution >= 4 is 38.8 Å². The lowest BCUT2D eigenvalue weighted by atomic mass is 10.6. The van der Waals surface area contributed by atoms with Crippen LogP contribution in [0.25, 0.3) is 0 Å². The first-order chi connectivity index (χ1) is 6.95. The lowest BCUT2D eigenvalue weighted by Gasteiger charge is -2.06. The Balaban J connectivity index is 2.81. The van der Waals surface area contributed by atoms with Gasteiger partial charge in [-0.15, -0.1) is 11.3 Å². The maximum atomic E-state index is 11.7. The summed E-state index contributed by atoms with van der Waals surface area (Å²) in [5, 5.41) is 4.58. The minimum atomic E-state index is -3.27. The first kappa shape index (κ1) is 12.4. The molecular formula is C7H10ClN3O2S2. The summed E-state index contributed by atoms with van der Waals surface area (Å²) >= 11 is 6.73. The van der Waals surface area contributed by atoms with Crippen molar-refractivity contribution in [2.45, 2.75) is 4.21 Å². The second-order valence-electron chi connectivity index (χ2n) is 2.70. The van der Waals surface area contributed by atoms with Crippen LogP contribution >= 0.6 is 22.9 Å². The summed E-state index contributed by atoms with van der Waals surface area (Å²) in [5.41, 5.74) is 0. The third kappa shape index (κ3) is 3.45. The molecule has 1 aromatic rings. The van der Waals surface area contributed by atoms with E-state index < -0.39 is 15.8 Å². The number of carbonyl (C=O) groups excluding carboxylic acids is 1. The summed E-state index contributed by atoms with van der Waals surface area (Å²) in [7, 11) is -1.68. The number of nitrogens with one attached hydrogen (secondary N) is 3. The number of hydrogen-bond acceptors (Lipinski definition) is 5. The normalized spacial score (nSPS) is 14.5. The van der Waals surface area contributed by atoms with Gasteiger partial charge in [0.2, 0.25) is 5.91 Å². The van der Waals surface area contributed by atoms with Crippen LogP contribution in [0.3, 0.4) is 0 Å². The summed E-state index contributed by atoms with van der Waals surface area (Å²) in [5.74, 6) is -0.484. The highest BCUT2D eigenvalue weighted by molar-refractivity contribution is 7.93. The van der Waals surface area contributed by atoms with Gasteiger partial charge in [-0.05, 0) is 13.1 Å². The van der Waals surface area contributed by atoms with Crippen LogP contribution in [-0.4, -0.2) is 23.7 Å². The number of carbonyl (C=O) groups is 1. The van der Waals surface area contributed by atoms with E-state index in [9.17, 15) is 9.00 Å². The molecule has 0 aromatic carbocycles. The topological polar surface area (TPSA) is 82.1 Å². The van der Waals surface area contributed by atoms with Crippen LogP contribution in [0.5, 0.6) is 0 Å². The van der Waals surface area contributed by atoms with E-state index in [1.54, 1.807) is 12.4 Å². The molecule has 0 fully saturated rings. The monoisotopic (exact) mass is 267 g/mol. The molecule has 1 atom stereocenters. The molecule has 1 amide bonds. The Morgan fingerprint density at radius 1 is 1.73 bits per heavy atom. The van der Waals surface area contributed by atoms with Gasteiger partial charge in [-0.1, -0.05) is 11.6 Å². The van der Waals surface area contributed by atoms with Gasteiger partial charge in [-0.3, -0.25) is 9.52 Å². The highest BCUT2D eigenvalue weighted by Gasteiger charge is 2.15. The molecule has 0 aliphatic rings. The second kappa shape index (κ2) is 4.93. The molecule has 3 N–H and O–H groups in total. The maximum absolute atomic E-state index is 11.7. The average molecular weight is 268 g/mol. The lowest BCUT2D eigenvalue weighted by molar-refractivity contribution is -0.118. The largest absolute Gasteiger partial charge is 0.311 e. The Morgan fingerprint density at radius 2 is 2.40 bits per heavy atom. The second-order valence-corrected chi connectivity index (χ2v) is 6.06. The molecular weight excluding hydrogens is 258 g/mol. The Morgan fingerprint density at radius 3 is 2.87 bits per heavy atom. The van der Waals surface area contributed by atoms with E-state index >= 15 is 0 Å². The number of hydrogen-bond donors (Lipinski definition) is 3. The number of rotatable bonds is 4. The molecule has 1 rings (SSSR count). The molecule has 84 valence electrons. The Bertz CT molecular complexity index is 455. The van der Waals surface area contributed by atoms with Crippen LogP contribution in [0.15, 0.2) is 15.7 Å². The SMILES string of the molecule is CNCC(=O)NS(=N)(=O)c1cc(Cl)cs1. The van der Waals surface area contributed by atoms with E-state index in [-0.39, 0.29) is 10.8 Å². The van der Waals surface area contributed by atoms with Crippen molar-refractivity contribution in [1.82, 2.24) is 10.0 Å². The third-order valence-electron chi connectivity index (χ3n) is 1.42. The molecule has 8 heteroatoms. The predicted molar refractivity (Wildman–Crippen MR) is 60.5 cm³/mol. The summed E-state index contributed by atoms with van der Waals surface area (Å²) in [6.45, 7) is 0.0228. The molecule has 5 nitrogen and oxygen atoms in total. The van der Waals surface area contributed by atoms with Crippen molar-refractivity contribution in [3.63, 3.8) is 0 Å². The van der Waals surface area contributed by atoms with E-state index in [1.165, 1.54) is 6.07 Å². The summed E-state index contributed by atoms with van der Waals surface area (Å²) in [6, 6.07) is 1.42. The number of amides is 1. The molecule has 0 saturated carbocycles. The summed E-state index contributed by atoms with van der Waals surface area (Å²) in [6.07, 6.45) is 0. The zero-order valence-electron chi connectivity index (χ0n) is 7.87. The molecule has 0 spiro atoms. The summed E-state index contributed by atoms with van der Waals surface area (Å²) in [4.78, 5) is 11.1. The van der Waals surface area contributed by atoms with Crippen molar-refractivity contribution in [2.75, 3.05) is 13.6 Å². The lowest BCUT2D eigenvalue weighted by Crippen LogP contribution is -2.35. The van der Waals surface area contributed by atoms with Gasteiger partial charge in [0.05, 0.1) is 11.6 Å². The van der Waals surface area contributed by atoms with Gasteiger partial charge in [0.15, 0.2) is 9.92 Å². The minimum absolute atomic E-state index is 0.0228. The van der Waals surface area contributed by atoms with Crippen LogP contribution < -0.4 is 10.0 Å². The van der Waals surface area contributed by atoms with Crippen LogP contribution in [-0.2, 0) is 14.7 Å². The zero-order valence-corrected chi connectivity index (χ0v) is 10.3. The van der Waals surface area contributed by atoms with Crippen LogP contribution in [0.2, 0.25) is 5.02 Å². The van der Waals surface area contributed by atoms with Crippen LogP contribution in [0.1, 0.15) is 0 Å². The molecule has 15 heavy (non-hydrogen) atoms. The zero-order chi connectivity index (χ0) is 11.5. The Hall–Kier alpha value is -0.630. The first-order valence-electron chi connectivity index (χ1n) is 3.94. The highest BCUT2D eigenvalue weighted by atomic mass is 35.5. The van der Waals surface area contributed by atoms with Gasteiger partial charge in [0, 0.05) is 5.38 Å². The highest BCUT2D eigenvalue weighted by Crippen LogP contribution is 2.23. The average Bonchev–Trinajstić information content (AvgIpc) is 2.51. The molecule has 0 radical (unpaired) electrons. The van der Waals surface area contributed by atoms with Crippen LogP contribution in [0.4, 0.5) is 0 Å². The predicted octanol–water partition coefficient (Wildman–Crippen LogP) is 1.06.